The van der Waals surface area contributed by atoms with E-state index in [1.807, 2.05) is 6.07 Å². The van der Waals surface area contributed by atoms with Crippen molar-refractivity contribution in [2.24, 2.45) is 4.99 Å². The second-order valence-corrected chi connectivity index (χ2v) is 6.79. The lowest BCUT2D eigenvalue weighted by Crippen LogP contribution is -2.38. The summed E-state index contributed by atoms with van der Waals surface area (Å²) < 4.78 is 0.845. The van der Waals surface area contributed by atoms with Gasteiger partial charge < -0.3 is 10.6 Å². The molecule has 0 amide bonds. The lowest BCUT2D eigenvalue weighted by Gasteiger charge is -2.10. The monoisotopic (exact) mass is 327 g/mol. The standard InChI is InChI=1S/C14H18ClN3S2/c1-2-16-14(18-9-11-6-8-19-10-11)17-7-5-12-3-4-13(15)20-12/h3-4,6,8,10H,2,5,7,9H2,1H3,(H2,16,17,18). The van der Waals surface area contributed by atoms with Crippen LogP contribution in [0.1, 0.15) is 17.4 Å². The summed E-state index contributed by atoms with van der Waals surface area (Å²) in [6.45, 7) is 4.50. The van der Waals surface area contributed by atoms with E-state index in [0.717, 1.165) is 29.8 Å². The first-order chi connectivity index (χ1) is 9.78. The van der Waals surface area contributed by atoms with Gasteiger partial charge in [0, 0.05) is 18.0 Å². The van der Waals surface area contributed by atoms with Gasteiger partial charge in [-0.1, -0.05) is 11.6 Å². The van der Waals surface area contributed by atoms with E-state index in [2.05, 4.69) is 45.4 Å². The van der Waals surface area contributed by atoms with Crippen molar-refractivity contribution in [1.29, 1.82) is 0 Å². The fourth-order valence-corrected chi connectivity index (χ4v) is 3.43. The third-order valence-electron chi connectivity index (χ3n) is 2.64. The summed E-state index contributed by atoms with van der Waals surface area (Å²) >= 11 is 9.25. The van der Waals surface area contributed by atoms with Crippen molar-refractivity contribution in [3.05, 3.63) is 43.7 Å². The zero-order valence-electron chi connectivity index (χ0n) is 11.4. The molecule has 0 saturated heterocycles. The zero-order chi connectivity index (χ0) is 14.2. The average molecular weight is 328 g/mol. The highest BCUT2D eigenvalue weighted by Crippen LogP contribution is 2.21. The highest BCUT2D eigenvalue weighted by atomic mass is 35.5. The maximum absolute atomic E-state index is 5.92. The van der Waals surface area contributed by atoms with Gasteiger partial charge in [-0.15, -0.1) is 11.3 Å². The van der Waals surface area contributed by atoms with Gasteiger partial charge in [0.05, 0.1) is 10.9 Å². The highest BCUT2D eigenvalue weighted by molar-refractivity contribution is 7.16. The van der Waals surface area contributed by atoms with Crippen LogP contribution in [-0.2, 0) is 13.0 Å². The Morgan fingerprint density at radius 2 is 2.20 bits per heavy atom. The maximum Gasteiger partial charge on any atom is 0.191 e. The van der Waals surface area contributed by atoms with E-state index in [1.165, 1.54) is 10.4 Å². The van der Waals surface area contributed by atoms with E-state index >= 15 is 0 Å². The first kappa shape index (κ1) is 15.4. The minimum atomic E-state index is 0.712. The molecule has 2 aromatic rings. The first-order valence-electron chi connectivity index (χ1n) is 6.55. The van der Waals surface area contributed by atoms with Crippen LogP contribution in [-0.4, -0.2) is 19.0 Å². The zero-order valence-corrected chi connectivity index (χ0v) is 13.7. The largest absolute Gasteiger partial charge is 0.357 e. The van der Waals surface area contributed by atoms with Gasteiger partial charge in [-0.3, -0.25) is 0 Å². The Hall–Kier alpha value is -1.04. The van der Waals surface area contributed by atoms with E-state index < -0.39 is 0 Å². The Kier molecular flexibility index (Phi) is 6.36. The number of nitrogens with one attached hydrogen (secondary N) is 2. The van der Waals surface area contributed by atoms with Gasteiger partial charge in [0.1, 0.15) is 0 Å². The molecule has 3 nitrogen and oxygen atoms in total. The maximum atomic E-state index is 5.92. The second kappa shape index (κ2) is 8.29. The summed E-state index contributed by atoms with van der Waals surface area (Å²) in [6.07, 6.45) is 0.959. The van der Waals surface area contributed by atoms with E-state index in [-0.39, 0.29) is 0 Å². The van der Waals surface area contributed by atoms with Crippen molar-refractivity contribution in [3.63, 3.8) is 0 Å². The molecule has 6 heteroatoms. The molecule has 2 N–H and O–H groups in total. The Morgan fingerprint density at radius 1 is 1.30 bits per heavy atom. The third kappa shape index (κ3) is 5.15. The number of rotatable bonds is 6. The first-order valence-corrected chi connectivity index (χ1v) is 8.69. The van der Waals surface area contributed by atoms with Crippen molar-refractivity contribution in [3.8, 4) is 0 Å². The van der Waals surface area contributed by atoms with Gasteiger partial charge in [-0.2, -0.15) is 11.3 Å². The normalized spacial score (nSPS) is 11.6. The molecular formula is C14H18ClN3S2. The summed E-state index contributed by atoms with van der Waals surface area (Å²) in [5.74, 6) is 0.862. The van der Waals surface area contributed by atoms with Crippen LogP contribution in [0, 0.1) is 0 Å². The van der Waals surface area contributed by atoms with Gasteiger partial charge in [0.15, 0.2) is 5.96 Å². The van der Waals surface area contributed by atoms with Gasteiger partial charge in [-0.25, -0.2) is 4.99 Å². The molecule has 0 aliphatic rings. The molecule has 0 bridgehead atoms. The summed E-state index contributed by atoms with van der Waals surface area (Å²) in [7, 11) is 0. The molecule has 2 heterocycles. The van der Waals surface area contributed by atoms with E-state index in [0.29, 0.717) is 6.54 Å². The Balaban J connectivity index is 1.80. The Labute approximate surface area is 132 Å². The topological polar surface area (TPSA) is 36.4 Å². The third-order valence-corrected chi connectivity index (χ3v) is 4.66. The van der Waals surface area contributed by atoms with Crippen LogP contribution in [0.5, 0.6) is 0 Å². The van der Waals surface area contributed by atoms with Crippen LogP contribution in [0.3, 0.4) is 0 Å². The minimum Gasteiger partial charge on any atom is -0.357 e. The molecule has 0 spiro atoms. The van der Waals surface area contributed by atoms with Gasteiger partial charge in [-0.05, 0) is 47.9 Å². The summed E-state index contributed by atoms with van der Waals surface area (Å²) in [4.78, 5) is 5.86. The van der Waals surface area contributed by atoms with Crippen molar-refractivity contribution in [2.45, 2.75) is 19.9 Å². The van der Waals surface area contributed by atoms with Gasteiger partial charge in [0.25, 0.3) is 0 Å². The predicted octanol–water partition coefficient (Wildman–Crippen LogP) is 3.76. The molecule has 0 saturated carbocycles. The fraction of sp³-hybridized carbons (Fsp3) is 0.357. The quantitative estimate of drug-likeness (QED) is 0.626. The number of guanidine groups is 1. The van der Waals surface area contributed by atoms with Crippen LogP contribution in [0.25, 0.3) is 0 Å². The average Bonchev–Trinajstić information content (AvgIpc) is 3.08. The van der Waals surface area contributed by atoms with E-state index in [9.17, 15) is 0 Å². The molecule has 20 heavy (non-hydrogen) atoms. The minimum absolute atomic E-state index is 0.712. The molecule has 0 aliphatic heterocycles. The molecular weight excluding hydrogens is 310 g/mol. The lowest BCUT2D eigenvalue weighted by atomic mass is 10.3. The summed E-state index contributed by atoms with van der Waals surface area (Å²) in [5, 5.41) is 10.8. The smallest absolute Gasteiger partial charge is 0.191 e. The molecule has 108 valence electrons. The van der Waals surface area contributed by atoms with E-state index in [1.54, 1.807) is 22.7 Å². The number of hydrogen-bond donors (Lipinski definition) is 2. The summed E-state index contributed by atoms with van der Waals surface area (Å²) in [5.41, 5.74) is 1.25. The van der Waals surface area contributed by atoms with Crippen molar-refractivity contribution >= 4 is 40.2 Å². The van der Waals surface area contributed by atoms with Crippen LogP contribution >= 0.6 is 34.3 Å². The Bertz CT molecular complexity index is 534. The second-order valence-electron chi connectivity index (χ2n) is 4.21. The van der Waals surface area contributed by atoms with Crippen molar-refractivity contribution in [1.82, 2.24) is 10.6 Å². The number of aliphatic imine (C=N–C) groups is 1. The number of halogens is 1. The number of hydrogen-bond acceptors (Lipinski definition) is 3. The molecule has 0 atom stereocenters. The number of thiophene rings is 2. The van der Waals surface area contributed by atoms with Gasteiger partial charge in [0.2, 0.25) is 0 Å². The highest BCUT2D eigenvalue weighted by Gasteiger charge is 2.00. The number of nitrogens with zero attached hydrogens (tertiary/aromatic N) is 1. The molecule has 0 fully saturated rings. The van der Waals surface area contributed by atoms with Gasteiger partial charge >= 0.3 is 0 Å². The van der Waals surface area contributed by atoms with Crippen molar-refractivity contribution in [2.75, 3.05) is 13.1 Å². The molecule has 0 aromatic carbocycles. The molecule has 0 radical (unpaired) electrons. The van der Waals surface area contributed by atoms with Crippen molar-refractivity contribution < 1.29 is 0 Å². The van der Waals surface area contributed by atoms with E-state index in [4.69, 9.17) is 11.6 Å². The molecule has 2 rings (SSSR count). The Morgan fingerprint density at radius 3 is 2.85 bits per heavy atom. The van der Waals surface area contributed by atoms with Crippen LogP contribution in [0.4, 0.5) is 0 Å². The lowest BCUT2D eigenvalue weighted by molar-refractivity contribution is 0.805. The molecule has 2 aromatic heterocycles. The molecule has 0 aliphatic carbocycles. The fourth-order valence-electron chi connectivity index (χ4n) is 1.68. The van der Waals surface area contributed by atoms with Crippen LogP contribution in [0.2, 0.25) is 4.34 Å². The van der Waals surface area contributed by atoms with Crippen LogP contribution in [0.15, 0.2) is 34.0 Å². The summed E-state index contributed by atoms with van der Waals surface area (Å²) in [6, 6.07) is 6.12. The predicted molar refractivity (Wildman–Crippen MR) is 90.2 cm³/mol. The SMILES string of the molecule is CCNC(=NCc1ccsc1)NCCc1ccc(Cl)s1. The molecule has 0 unspecified atom stereocenters. The van der Waals surface area contributed by atoms with Crippen LogP contribution < -0.4 is 10.6 Å².